The molecular weight excluding hydrogens is 226 g/mol. The third-order valence-corrected chi connectivity index (χ3v) is 3.43. The third-order valence-electron chi connectivity index (χ3n) is 3.06. The van der Waals surface area contributed by atoms with Gasteiger partial charge in [-0.25, -0.2) is 0 Å². The minimum atomic E-state index is 0.103. The first-order chi connectivity index (χ1) is 7.65. The maximum Gasteiger partial charge on any atom is 0.179 e. The first-order valence-electron chi connectivity index (χ1n) is 5.44. The standard InChI is InChI=1S/C12H16ClNO2/c1-7-6-9(15)12(16-2)11(13)10(7)8-4-3-5-14-8/h6,8,14-15H,3-5H2,1-2H3. The molecule has 0 aliphatic carbocycles. The highest BCUT2D eigenvalue weighted by Gasteiger charge is 2.24. The highest BCUT2D eigenvalue weighted by atomic mass is 35.5. The van der Waals surface area contributed by atoms with Gasteiger partial charge in [0.05, 0.1) is 12.1 Å². The first kappa shape index (κ1) is 11.6. The SMILES string of the molecule is COc1c(O)cc(C)c(C2CCCN2)c1Cl. The van der Waals surface area contributed by atoms with Gasteiger partial charge in [0.1, 0.15) is 0 Å². The average molecular weight is 242 g/mol. The predicted octanol–water partition coefficient (Wildman–Crippen LogP) is 2.79. The molecule has 0 aromatic heterocycles. The van der Waals surface area contributed by atoms with Gasteiger partial charge in [-0.2, -0.15) is 0 Å². The van der Waals surface area contributed by atoms with Crippen molar-refractivity contribution in [1.82, 2.24) is 5.32 Å². The minimum absolute atomic E-state index is 0.103. The second-order valence-corrected chi connectivity index (χ2v) is 4.50. The quantitative estimate of drug-likeness (QED) is 0.837. The van der Waals surface area contributed by atoms with E-state index in [1.807, 2.05) is 6.92 Å². The zero-order chi connectivity index (χ0) is 11.7. The molecule has 88 valence electrons. The Morgan fingerprint density at radius 2 is 2.31 bits per heavy atom. The number of nitrogens with one attached hydrogen (secondary N) is 1. The fourth-order valence-electron chi connectivity index (χ4n) is 2.31. The molecule has 0 bridgehead atoms. The molecule has 1 fully saturated rings. The van der Waals surface area contributed by atoms with Crippen LogP contribution in [0.15, 0.2) is 6.07 Å². The van der Waals surface area contributed by atoms with E-state index in [4.69, 9.17) is 16.3 Å². The van der Waals surface area contributed by atoms with Crippen LogP contribution in [-0.2, 0) is 0 Å². The summed E-state index contributed by atoms with van der Waals surface area (Å²) < 4.78 is 5.12. The van der Waals surface area contributed by atoms with Crippen LogP contribution in [0.3, 0.4) is 0 Å². The molecule has 1 aromatic rings. The van der Waals surface area contributed by atoms with Crippen molar-refractivity contribution in [1.29, 1.82) is 0 Å². The molecule has 1 unspecified atom stereocenters. The molecule has 0 radical (unpaired) electrons. The van der Waals surface area contributed by atoms with E-state index in [1.54, 1.807) is 6.07 Å². The van der Waals surface area contributed by atoms with Gasteiger partial charge in [-0.1, -0.05) is 11.6 Å². The Bertz CT molecular complexity index is 400. The molecule has 3 nitrogen and oxygen atoms in total. The van der Waals surface area contributed by atoms with Gasteiger partial charge in [0.2, 0.25) is 0 Å². The Kier molecular flexibility index (Phi) is 3.26. The maximum absolute atomic E-state index is 9.71. The van der Waals surface area contributed by atoms with Crippen molar-refractivity contribution in [3.63, 3.8) is 0 Å². The topological polar surface area (TPSA) is 41.5 Å². The van der Waals surface area contributed by atoms with Gasteiger partial charge < -0.3 is 15.2 Å². The smallest absolute Gasteiger partial charge is 0.179 e. The molecular formula is C12H16ClNO2. The summed E-state index contributed by atoms with van der Waals surface area (Å²) in [7, 11) is 1.52. The Balaban J connectivity index is 2.50. The molecule has 1 aliphatic heterocycles. The number of aromatic hydroxyl groups is 1. The fraction of sp³-hybridized carbons (Fsp3) is 0.500. The van der Waals surface area contributed by atoms with Gasteiger partial charge >= 0.3 is 0 Å². The monoisotopic (exact) mass is 241 g/mol. The lowest BCUT2D eigenvalue weighted by Gasteiger charge is -2.18. The van der Waals surface area contributed by atoms with Crippen LogP contribution in [-0.4, -0.2) is 18.8 Å². The summed E-state index contributed by atoms with van der Waals surface area (Å²) in [6, 6.07) is 1.99. The van der Waals surface area contributed by atoms with Crippen LogP contribution >= 0.6 is 11.6 Å². The molecule has 1 heterocycles. The highest BCUT2D eigenvalue weighted by molar-refractivity contribution is 6.33. The van der Waals surface area contributed by atoms with Crippen LogP contribution in [0.5, 0.6) is 11.5 Å². The summed E-state index contributed by atoms with van der Waals surface area (Å²) in [5.41, 5.74) is 2.05. The number of hydrogen-bond donors (Lipinski definition) is 2. The number of benzene rings is 1. The molecule has 0 spiro atoms. The zero-order valence-electron chi connectivity index (χ0n) is 9.51. The van der Waals surface area contributed by atoms with Gasteiger partial charge in [0.15, 0.2) is 11.5 Å². The van der Waals surface area contributed by atoms with Crippen LogP contribution in [0.1, 0.15) is 30.0 Å². The average Bonchev–Trinajstić information content (AvgIpc) is 2.70. The first-order valence-corrected chi connectivity index (χ1v) is 5.82. The largest absolute Gasteiger partial charge is 0.504 e. The molecule has 1 aromatic carbocycles. The number of hydrogen-bond acceptors (Lipinski definition) is 3. The fourth-order valence-corrected chi connectivity index (χ4v) is 2.76. The van der Waals surface area contributed by atoms with Crippen molar-refractivity contribution in [2.75, 3.05) is 13.7 Å². The molecule has 4 heteroatoms. The Labute approximate surface area is 100 Å². The number of phenolic OH excluding ortho intramolecular Hbond substituents is 1. The summed E-state index contributed by atoms with van der Waals surface area (Å²) in [5.74, 6) is 0.475. The number of halogens is 1. The lowest BCUT2D eigenvalue weighted by Crippen LogP contribution is -2.14. The van der Waals surface area contributed by atoms with Crippen LogP contribution in [0.2, 0.25) is 5.02 Å². The summed E-state index contributed by atoms with van der Waals surface area (Å²) in [6.45, 7) is 2.98. The maximum atomic E-state index is 9.71. The number of aryl methyl sites for hydroxylation is 1. The van der Waals surface area contributed by atoms with Gasteiger partial charge in [0, 0.05) is 6.04 Å². The van der Waals surface area contributed by atoms with Gasteiger partial charge in [-0.3, -0.25) is 0 Å². The van der Waals surface area contributed by atoms with Crippen LogP contribution in [0, 0.1) is 6.92 Å². The van der Waals surface area contributed by atoms with E-state index < -0.39 is 0 Å². The predicted molar refractivity (Wildman–Crippen MR) is 64.4 cm³/mol. The number of phenols is 1. The van der Waals surface area contributed by atoms with Crippen molar-refractivity contribution in [2.45, 2.75) is 25.8 Å². The Morgan fingerprint density at radius 1 is 1.56 bits per heavy atom. The Hall–Kier alpha value is -0.930. The second kappa shape index (κ2) is 4.52. The summed E-state index contributed by atoms with van der Waals surface area (Å²) in [4.78, 5) is 0. The lowest BCUT2D eigenvalue weighted by atomic mass is 9.99. The number of rotatable bonds is 2. The van der Waals surface area contributed by atoms with Gasteiger partial charge in [-0.05, 0) is 43.5 Å². The summed E-state index contributed by atoms with van der Waals surface area (Å²) in [5, 5.41) is 13.6. The lowest BCUT2D eigenvalue weighted by molar-refractivity contribution is 0.372. The van der Waals surface area contributed by atoms with Crippen molar-refractivity contribution in [3.05, 3.63) is 22.2 Å². The van der Waals surface area contributed by atoms with E-state index in [1.165, 1.54) is 7.11 Å². The normalized spacial score (nSPS) is 20.1. The molecule has 0 saturated carbocycles. The van der Waals surface area contributed by atoms with Gasteiger partial charge in [0.25, 0.3) is 0 Å². The van der Waals surface area contributed by atoms with E-state index in [2.05, 4.69) is 5.32 Å². The molecule has 0 amide bonds. The summed E-state index contributed by atoms with van der Waals surface area (Å²) in [6.07, 6.45) is 2.23. The molecule has 2 rings (SSSR count). The third kappa shape index (κ3) is 1.85. The Morgan fingerprint density at radius 3 is 2.88 bits per heavy atom. The van der Waals surface area contributed by atoms with Crippen LogP contribution < -0.4 is 10.1 Å². The summed E-state index contributed by atoms with van der Waals surface area (Å²) >= 11 is 6.27. The van der Waals surface area contributed by atoms with E-state index in [9.17, 15) is 5.11 Å². The van der Waals surface area contributed by atoms with Gasteiger partial charge in [-0.15, -0.1) is 0 Å². The van der Waals surface area contributed by atoms with E-state index in [-0.39, 0.29) is 11.8 Å². The zero-order valence-corrected chi connectivity index (χ0v) is 10.3. The molecule has 2 N–H and O–H groups in total. The van der Waals surface area contributed by atoms with Crippen LogP contribution in [0.4, 0.5) is 0 Å². The molecule has 1 aliphatic rings. The van der Waals surface area contributed by atoms with Crippen LogP contribution in [0.25, 0.3) is 0 Å². The van der Waals surface area contributed by atoms with Crippen molar-refractivity contribution in [3.8, 4) is 11.5 Å². The van der Waals surface area contributed by atoms with E-state index in [0.717, 1.165) is 30.5 Å². The molecule has 1 atom stereocenters. The van der Waals surface area contributed by atoms with E-state index in [0.29, 0.717) is 10.8 Å². The molecule has 16 heavy (non-hydrogen) atoms. The second-order valence-electron chi connectivity index (χ2n) is 4.12. The highest BCUT2D eigenvalue weighted by Crippen LogP contribution is 2.42. The van der Waals surface area contributed by atoms with E-state index >= 15 is 0 Å². The molecule has 1 saturated heterocycles. The van der Waals surface area contributed by atoms with Crippen molar-refractivity contribution >= 4 is 11.6 Å². The number of methoxy groups -OCH3 is 1. The van der Waals surface area contributed by atoms with Crippen molar-refractivity contribution in [2.24, 2.45) is 0 Å². The van der Waals surface area contributed by atoms with Crippen molar-refractivity contribution < 1.29 is 9.84 Å². The number of ether oxygens (including phenoxy) is 1. The minimum Gasteiger partial charge on any atom is -0.504 e.